The molecule has 0 spiro atoms. The lowest BCUT2D eigenvalue weighted by Gasteiger charge is -2.28. The molecule has 4 rings (SSSR count). The van der Waals surface area contributed by atoms with Gasteiger partial charge in [0.05, 0.1) is 25.7 Å². The van der Waals surface area contributed by atoms with Gasteiger partial charge in [0.15, 0.2) is 5.76 Å². The molecular weight excluding hydrogens is 440 g/mol. The maximum absolute atomic E-state index is 13.5. The Bertz CT molecular complexity index is 1160. The van der Waals surface area contributed by atoms with Crippen LogP contribution in [0.25, 0.3) is 11.0 Å². The Morgan fingerprint density at radius 2 is 1.82 bits per heavy atom. The minimum Gasteiger partial charge on any atom is -0.868 e. The topological polar surface area (TPSA) is 78.0 Å². The second-order valence-electron chi connectivity index (χ2n) is 8.23. The second-order valence-corrected chi connectivity index (χ2v) is 8.67. The zero-order valence-corrected chi connectivity index (χ0v) is 19.5. The summed E-state index contributed by atoms with van der Waals surface area (Å²) in [6.45, 7) is 7.50. The van der Waals surface area contributed by atoms with Crippen LogP contribution in [0.2, 0.25) is 5.02 Å². The molecule has 0 saturated carbocycles. The Kier molecular flexibility index (Phi) is 6.86. The Morgan fingerprint density at radius 3 is 2.48 bits per heavy atom. The summed E-state index contributed by atoms with van der Waals surface area (Å²) < 4.78 is 5.73. The summed E-state index contributed by atoms with van der Waals surface area (Å²) in [6.07, 6.45) is 0.728. The van der Waals surface area contributed by atoms with Crippen molar-refractivity contribution in [2.75, 3.05) is 26.2 Å². The van der Waals surface area contributed by atoms with Crippen LogP contribution in [-0.2, 0) is 4.79 Å². The first-order chi connectivity index (χ1) is 15.9. The average Bonchev–Trinajstić information content (AvgIpc) is 3.37. The molecule has 33 heavy (non-hydrogen) atoms. The molecule has 3 aromatic rings. The zero-order valence-electron chi connectivity index (χ0n) is 18.8. The Balaban J connectivity index is 1.69. The summed E-state index contributed by atoms with van der Waals surface area (Å²) in [6, 6.07) is 15.0. The van der Waals surface area contributed by atoms with Crippen molar-refractivity contribution in [3.8, 4) is 0 Å². The number of hydrogen-bond donors (Lipinski definition) is 1. The van der Waals surface area contributed by atoms with Gasteiger partial charge in [-0.05, 0) is 49.4 Å². The molecule has 0 saturated heterocycles. The van der Waals surface area contributed by atoms with E-state index in [1.165, 1.54) is 9.80 Å². The highest BCUT2D eigenvalue weighted by Crippen LogP contribution is 2.39. The lowest BCUT2D eigenvalue weighted by atomic mass is 9.95. The number of amides is 1. The Labute approximate surface area is 198 Å². The summed E-state index contributed by atoms with van der Waals surface area (Å²) >= 11 is 6.06. The van der Waals surface area contributed by atoms with Crippen LogP contribution in [0.4, 0.5) is 0 Å². The van der Waals surface area contributed by atoms with Crippen molar-refractivity contribution < 1.29 is 24.0 Å². The van der Waals surface area contributed by atoms with Gasteiger partial charge in [-0.3, -0.25) is 9.59 Å². The number of quaternary nitrogens is 1. The lowest BCUT2D eigenvalue weighted by Crippen LogP contribution is -3.11. The van der Waals surface area contributed by atoms with Gasteiger partial charge in [0.1, 0.15) is 5.58 Å². The molecule has 1 N–H and O–H groups in total. The van der Waals surface area contributed by atoms with Gasteiger partial charge in [0.25, 0.3) is 0 Å². The summed E-state index contributed by atoms with van der Waals surface area (Å²) in [5.41, 5.74) is 1.16. The highest BCUT2D eigenvalue weighted by Gasteiger charge is 2.40. The molecule has 0 bridgehead atoms. The van der Waals surface area contributed by atoms with Crippen LogP contribution in [0.3, 0.4) is 0 Å². The highest BCUT2D eigenvalue weighted by molar-refractivity contribution is 6.30. The SMILES string of the molecule is CC[NH+](CC)CCCN1C(=O)C([O-])=C(C(=O)c2cc3ccccc3o2)C1c1ccc(Cl)cc1. The Hall–Kier alpha value is -3.09. The summed E-state index contributed by atoms with van der Waals surface area (Å²) in [5.74, 6) is -1.92. The van der Waals surface area contributed by atoms with Crippen molar-refractivity contribution in [2.45, 2.75) is 26.3 Å². The van der Waals surface area contributed by atoms with E-state index >= 15 is 0 Å². The number of para-hydroxylation sites is 1. The molecule has 0 aliphatic carbocycles. The molecule has 1 amide bonds. The third-order valence-electron chi connectivity index (χ3n) is 6.29. The molecule has 2 aromatic carbocycles. The quantitative estimate of drug-likeness (QED) is 0.492. The molecule has 1 aromatic heterocycles. The van der Waals surface area contributed by atoms with Crippen LogP contribution < -0.4 is 10.0 Å². The fraction of sp³-hybridized carbons (Fsp3) is 0.308. The monoisotopic (exact) mass is 466 g/mol. The number of benzene rings is 2. The van der Waals surface area contributed by atoms with Gasteiger partial charge in [-0.25, -0.2) is 0 Å². The number of nitrogens with zero attached hydrogens (tertiary/aromatic N) is 1. The lowest BCUT2D eigenvalue weighted by molar-refractivity contribution is -0.896. The number of furan rings is 1. The van der Waals surface area contributed by atoms with E-state index in [-0.39, 0.29) is 11.3 Å². The number of carbonyl (C=O) groups is 2. The molecule has 1 aliphatic heterocycles. The van der Waals surface area contributed by atoms with E-state index in [0.29, 0.717) is 22.7 Å². The fourth-order valence-electron chi connectivity index (χ4n) is 4.42. The first-order valence-corrected chi connectivity index (χ1v) is 11.7. The molecule has 0 radical (unpaired) electrons. The maximum atomic E-state index is 13.5. The van der Waals surface area contributed by atoms with E-state index in [9.17, 15) is 14.7 Å². The van der Waals surface area contributed by atoms with E-state index in [4.69, 9.17) is 16.0 Å². The van der Waals surface area contributed by atoms with Crippen LogP contribution in [0.1, 0.15) is 42.4 Å². The number of ketones is 1. The third kappa shape index (κ3) is 4.54. The second kappa shape index (κ2) is 9.81. The van der Waals surface area contributed by atoms with Crippen molar-refractivity contribution in [1.82, 2.24) is 4.90 Å². The van der Waals surface area contributed by atoms with E-state index in [0.717, 1.165) is 31.4 Å². The van der Waals surface area contributed by atoms with E-state index in [1.54, 1.807) is 36.4 Å². The van der Waals surface area contributed by atoms with Gasteiger partial charge in [0.2, 0.25) is 11.7 Å². The normalized spacial score (nSPS) is 16.4. The fourth-order valence-corrected chi connectivity index (χ4v) is 4.55. The molecular formula is C26H27ClN2O4. The predicted molar refractivity (Wildman–Crippen MR) is 125 cm³/mol. The van der Waals surface area contributed by atoms with E-state index < -0.39 is 23.5 Å². The van der Waals surface area contributed by atoms with Crippen LogP contribution in [-0.4, -0.2) is 42.8 Å². The van der Waals surface area contributed by atoms with Crippen LogP contribution in [0.5, 0.6) is 0 Å². The molecule has 0 fully saturated rings. The molecule has 1 unspecified atom stereocenters. The summed E-state index contributed by atoms with van der Waals surface area (Å²) in [5, 5.41) is 14.4. The summed E-state index contributed by atoms with van der Waals surface area (Å²) in [4.78, 5) is 29.4. The minimum absolute atomic E-state index is 0.0562. The number of carbonyl (C=O) groups excluding carboxylic acids is 2. The van der Waals surface area contributed by atoms with Crippen molar-refractivity contribution in [2.24, 2.45) is 0 Å². The standard InChI is InChI=1S/C26H27ClN2O4/c1-3-28(4-2)14-7-15-29-23(17-10-12-19(27)13-11-17)22(25(31)26(29)32)24(30)21-16-18-8-5-6-9-20(18)33-21/h5-6,8-13,16,23,31H,3-4,7,14-15H2,1-2H3. The highest BCUT2D eigenvalue weighted by atomic mass is 35.5. The number of fused-ring (bicyclic) bond motifs is 1. The molecule has 6 nitrogen and oxygen atoms in total. The van der Waals surface area contributed by atoms with Crippen molar-refractivity contribution in [3.05, 3.63) is 82.3 Å². The smallest absolute Gasteiger partial charge is 0.239 e. The molecule has 172 valence electrons. The number of rotatable bonds is 9. The number of Topliss-reactive ketones (excluding diaryl/α,β-unsaturated/α-hetero) is 1. The number of hydrogen-bond acceptors (Lipinski definition) is 4. The van der Waals surface area contributed by atoms with Gasteiger partial charge in [-0.1, -0.05) is 41.9 Å². The van der Waals surface area contributed by atoms with Gasteiger partial charge < -0.3 is 19.3 Å². The van der Waals surface area contributed by atoms with Crippen LogP contribution in [0, 0.1) is 0 Å². The zero-order chi connectivity index (χ0) is 23.5. The predicted octanol–water partition coefficient (Wildman–Crippen LogP) is 2.78. The first-order valence-electron chi connectivity index (χ1n) is 11.3. The average molecular weight is 467 g/mol. The largest absolute Gasteiger partial charge is 0.868 e. The maximum Gasteiger partial charge on any atom is 0.239 e. The minimum atomic E-state index is -0.769. The van der Waals surface area contributed by atoms with Crippen LogP contribution >= 0.6 is 11.6 Å². The van der Waals surface area contributed by atoms with Gasteiger partial charge >= 0.3 is 0 Å². The van der Waals surface area contributed by atoms with Gasteiger partial charge in [-0.2, -0.15) is 0 Å². The Morgan fingerprint density at radius 1 is 1.12 bits per heavy atom. The van der Waals surface area contributed by atoms with E-state index in [2.05, 4.69) is 13.8 Å². The van der Waals surface area contributed by atoms with Crippen molar-refractivity contribution in [1.29, 1.82) is 0 Å². The molecule has 1 aliphatic rings. The molecule has 2 heterocycles. The molecule has 7 heteroatoms. The van der Waals surface area contributed by atoms with Gasteiger partial charge in [-0.15, -0.1) is 0 Å². The van der Waals surface area contributed by atoms with Gasteiger partial charge in [0, 0.05) is 28.9 Å². The van der Waals surface area contributed by atoms with Crippen molar-refractivity contribution in [3.63, 3.8) is 0 Å². The number of halogens is 1. The first kappa shape index (κ1) is 23.1. The third-order valence-corrected chi connectivity index (χ3v) is 6.55. The van der Waals surface area contributed by atoms with Crippen molar-refractivity contribution >= 4 is 34.3 Å². The number of nitrogens with one attached hydrogen (secondary N) is 1. The summed E-state index contributed by atoms with van der Waals surface area (Å²) in [7, 11) is 0. The van der Waals surface area contributed by atoms with Crippen LogP contribution in [0.15, 0.2) is 70.3 Å². The molecule has 1 atom stereocenters. The van der Waals surface area contributed by atoms with E-state index in [1.807, 2.05) is 18.2 Å².